The van der Waals surface area contributed by atoms with Gasteiger partial charge in [0.2, 0.25) is 5.91 Å². The van der Waals surface area contributed by atoms with Crippen LogP contribution < -0.4 is 9.47 Å². The Kier molecular flexibility index (Phi) is 7.30. The molecule has 0 bridgehead atoms. The summed E-state index contributed by atoms with van der Waals surface area (Å²) in [5.74, 6) is 1.94. The van der Waals surface area contributed by atoms with E-state index in [1.54, 1.807) is 14.2 Å². The molecule has 7 nitrogen and oxygen atoms in total. The molecule has 0 spiro atoms. The maximum atomic E-state index is 13.7. The van der Waals surface area contributed by atoms with Crippen molar-refractivity contribution in [2.45, 2.75) is 76.0 Å². The lowest BCUT2D eigenvalue weighted by atomic mass is 9.92. The number of rotatable bonds is 9. The fourth-order valence-corrected chi connectivity index (χ4v) is 7.00. The predicted molar refractivity (Wildman–Crippen MR) is 124 cm³/mol. The topological polar surface area (TPSA) is 76.2 Å². The number of ether oxygens (including phenoxy) is 2. The van der Waals surface area contributed by atoms with Gasteiger partial charge in [0.05, 0.1) is 32.3 Å². The SMILES string of the molecule is COc1ccc(OC)c(CN(CC(=O)N(C2CCCCC2)C2CCS(=O)(=O)C2)C2CC2)c1. The van der Waals surface area contributed by atoms with Crippen molar-refractivity contribution in [2.24, 2.45) is 0 Å². The Labute approximate surface area is 192 Å². The van der Waals surface area contributed by atoms with E-state index in [1.165, 1.54) is 6.42 Å². The molecule has 1 unspecified atom stereocenters. The fourth-order valence-electron chi connectivity index (χ4n) is 5.29. The molecule has 4 rings (SSSR count). The van der Waals surface area contributed by atoms with Crippen LogP contribution in [0.1, 0.15) is 56.9 Å². The van der Waals surface area contributed by atoms with Crippen LogP contribution in [0.3, 0.4) is 0 Å². The van der Waals surface area contributed by atoms with Crippen molar-refractivity contribution in [3.63, 3.8) is 0 Å². The van der Waals surface area contributed by atoms with Gasteiger partial charge in [0.1, 0.15) is 11.5 Å². The van der Waals surface area contributed by atoms with E-state index in [4.69, 9.17) is 9.47 Å². The van der Waals surface area contributed by atoms with E-state index >= 15 is 0 Å². The van der Waals surface area contributed by atoms with E-state index in [0.717, 1.165) is 55.6 Å². The highest BCUT2D eigenvalue weighted by atomic mass is 32.2. The Morgan fingerprint density at radius 2 is 1.72 bits per heavy atom. The second-order valence-electron chi connectivity index (χ2n) is 9.46. The summed E-state index contributed by atoms with van der Waals surface area (Å²) in [5.41, 5.74) is 0.999. The number of sulfone groups is 1. The molecule has 1 amide bonds. The Hall–Kier alpha value is -1.80. The van der Waals surface area contributed by atoms with Crippen LogP contribution in [0, 0.1) is 0 Å². The molecule has 0 aromatic heterocycles. The molecule has 1 atom stereocenters. The number of nitrogens with zero attached hydrogens (tertiary/aromatic N) is 2. The van der Waals surface area contributed by atoms with Gasteiger partial charge in [-0.25, -0.2) is 8.42 Å². The predicted octanol–water partition coefficient (Wildman–Crippen LogP) is 3.02. The van der Waals surface area contributed by atoms with Crippen LogP contribution in [0.2, 0.25) is 0 Å². The van der Waals surface area contributed by atoms with Gasteiger partial charge < -0.3 is 14.4 Å². The summed E-state index contributed by atoms with van der Waals surface area (Å²) in [6.45, 7) is 0.927. The highest BCUT2D eigenvalue weighted by molar-refractivity contribution is 7.91. The van der Waals surface area contributed by atoms with Crippen LogP contribution in [0.5, 0.6) is 11.5 Å². The van der Waals surface area contributed by atoms with Gasteiger partial charge in [-0.3, -0.25) is 9.69 Å². The first kappa shape index (κ1) is 23.4. The lowest BCUT2D eigenvalue weighted by molar-refractivity contribution is -0.138. The van der Waals surface area contributed by atoms with E-state index in [-0.39, 0.29) is 29.5 Å². The highest BCUT2D eigenvalue weighted by Crippen LogP contribution is 2.33. The number of hydrogen-bond acceptors (Lipinski definition) is 6. The maximum Gasteiger partial charge on any atom is 0.237 e. The second-order valence-corrected chi connectivity index (χ2v) is 11.7. The third-order valence-corrected chi connectivity index (χ3v) is 8.87. The van der Waals surface area contributed by atoms with Gasteiger partial charge in [-0.2, -0.15) is 0 Å². The van der Waals surface area contributed by atoms with Gasteiger partial charge >= 0.3 is 0 Å². The number of carbonyl (C=O) groups excluding carboxylic acids is 1. The minimum Gasteiger partial charge on any atom is -0.497 e. The minimum atomic E-state index is -3.05. The molecule has 0 radical (unpaired) electrons. The van der Waals surface area contributed by atoms with Crippen LogP contribution >= 0.6 is 0 Å². The lowest BCUT2D eigenvalue weighted by Crippen LogP contribution is -2.52. The van der Waals surface area contributed by atoms with Crippen LogP contribution in [0.25, 0.3) is 0 Å². The van der Waals surface area contributed by atoms with Crippen LogP contribution in [-0.2, 0) is 21.2 Å². The van der Waals surface area contributed by atoms with Gasteiger partial charge in [-0.05, 0) is 50.3 Å². The molecule has 1 heterocycles. The van der Waals surface area contributed by atoms with Gasteiger partial charge in [0.15, 0.2) is 9.84 Å². The molecule has 8 heteroatoms. The van der Waals surface area contributed by atoms with E-state index in [0.29, 0.717) is 25.6 Å². The van der Waals surface area contributed by atoms with Crippen molar-refractivity contribution in [3.8, 4) is 11.5 Å². The molecule has 2 saturated carbocycles. The molecule has 1 aromatic carbocycles. The minimum absolute atomic E-state index is 0.0766. The zero-order valence-corrected chi connectivity index (χ0v) is 20.1. The van der Waals surface area contributed by atoms with Gasteiger partial charge in [-0.15, -0.1) is 0 Å². The summed E-state index contributed by atoms with van der Waals surface area (Å²) in [5, 5.41) is 0. The number of methoxy groups -OCH3 is 2. The number of carbonyl (C=O) groups is 1. The third-order valence-electron chi connectivity index (χ3n) is 7.12. The van der Waals surface area contributed by atoms with Crippen LogP contribution in [-0.4, -0.2) is 74.5 Å². The standard InChI is InChI=1S/C24H36N2O5S/c1-30-22-10-11-23(31-2)18(14-22)15-25(19-8-9-19)16-24(27)26(20-6-4-3-5-7-20)21-12-13-32(28,29)17-21/h10-11,14,19-21H,3-9,12-13,15-17H2,1-2H3. The first-order valence-corrected chi connectivity index (χ1v) is 13.7. The van der Waals surface area contributed by atoms with E-state index < -0.39 is 9.84 Å². The average molecular weight is 465 g/mol. The zero-order valence-electron chi connectivity index (χ0n) is 19.3. The summed E-state index contributed by atoms with van der Waals surface area (Å²) in [6, 6.07) is 6.13. The maximum absolute atomic E-state index is 13.7. The summed E-state index contributed by atoms with van der Waals surface area (Å²) in [6.07, 6.45) is 8.12. The summed E-state index contributed by atoms with van der Waals surface area (Å²) in [4.78, 5) is 17.9. The van der Waals surface area contributed by atoms with E-state index in [2.05, 4.69) is 4.90 Å². The quantitative estimate of drug-likeness (QED) is 0.559. The van der Waals surface area contributed by atoms with Crippen molar-refractivity contribution < 1.29 is 22.7 Å². The van der Waals surface area contributed by atoms with E-state index in [1.807, 2.05) is 23.1 Å². The monoisotopic (exact) mass is 464 g/mol. The Morgan fingerprint density at radius 3 is 2.31 bits per heavy atom. The van der Waals surface area contributed by atoms with Crippen molar-refractivity contribution in [2.75, 3.05) is 32.3 Å². The van der Waals surface area contributed by atoms with Crippen LogP contribution in [0.15, 0.2) is 18.2 Å². The molecular weight excluding hydrogens is 428 g/mol. The third kappa shape index (κ3) is 5.57. The molecule has 1 aromatic rings. The van der Waals surface area contributed by atoms with Gasteiger partial charge in [0.25, 0.3) is 0 Å². The summed E-state index contributed by atoms with van der Waals surface area (Å²) >= 11 is 0. The van der Waals surface area contributed by atoms with Crippen molar-refractivity contribution in [1.29, 1.82) is 0 Å². The first-order chi connectivity index (χ1) is 15.4. The first-order valence-electron chi connectivity index (χ1n) is 11.9. The van der Waals surface area contributed by atoms with Crippen molar-refractivity contribution in [1.82, 2.24) is 9.80 Å². The average Bonchev–Trinajstić information content (AvgIpc) is 3.57. The number of amides is 1. The molecule has 1 aliphatic heterocycles. The molecule has 1 saturated heterocycles. The molecule has 0 N–H and O–H groups in total. The zero-order chi connectivity index (χ0) is 22.7. The molecular formula is C24H36N2O5S. The van der Waals surface area contributed by atoms with E-state index in [9.17, 15) is 13.2 Å². The highest BCUT2D eigenvalue weighted by Gasteiger charge is 2.40. The summed E-state index contributed by atoms with van der Waals surface area (Å²) < 4.78 is 35.3. The lowest BCUT2D eigenvalue weighted by Gasteiger charge is -2.39. The van der Waals surface area contributed by atoms with Crippen molar-refractivity contribution >= 4 is 15.7 Å². The molecule has 32 heavy (non-hydrogen) atoms. The fraction of sp³-hybridized carbons (Fsp3) is 0.708. The molecule has 2 aliphatic carbocycles. The molecule has 178 valence electrons. The molecule has 3 aliphatic rings. The van der Waals surface area contributed by atoms with Crippen molar-refractivity contribution in [3.05, 3.63) is 23.8 Å². The largest absolute Gasteiger partial charge is 0.497 e. The molecule has 3 fully saturated rings. The Morgan fingerprint density at radius 1 is 0.969 bits per heavy atom. The smallest absolute Gasteiger partial charge is 0.237 e. The number of hydrogen-bond donors (Lipinski definition) is 0. The number of benzene rings is 1. The normalized spacial score (nSPS) is 23.3. The Bertz CT molecular complexity index is 909. The van der Waals surface area contributed by atoms with Gasteiger partial charge in [0, 0.05) is 30.2 Å². The summed E-state index contributed by atoms with van der Waals surface area (Å²) in [7, 11) is 0.252. The Balaban J connectivity index is 1.53. The van der Waals surface area contributed by atoms with Gasteiger partial charge in [-0.1, -0.05) is 19.3 Å². The second kappa shape index (κ2) is 10.00. The van der Waals surface area contributed by atoms with Crippen LogP contribution in [0.4, 0.5) is 0 Å².